The van der Waals surface area contributed by atoms with Crippen LogP contribution < -0.4 is 4.90 Å². The number of anilines is 1. The molecular weight excluding hydrogens is 202 g/mol. The lowest BCUT2D eigenvalue weighted by Crippen LogP contribution is -2.31. The van der Waals surface area contributed by atoms with Gasteiger partial charge in [0.2, 0.25) is 5.91 Å². The number of benzene rings is 1. The van der Waals surface area contributed by atoms with Crippen LogP contribution in [-0.4, -0.2) is 18.1 Å². The molecule has 0 aromatic heterocycles. The quantitative estimate of drug-likeness (QED) is 0.775. The second-order valence-corrected chi connectivity index (χ2v) is 4.83. The van der Waals surface area contributed by atoms with Gasteiger partial charge in [0.05, 0.1) is 5.60 Å². The summed E-state index contributed by atoms with van der Waals surface area (Å²) in [6.07, 6.45) is 3.09. The minimum absolute atomic E-state index is 0.172. The molecule has 3 nitrogen and oxygen atoms in total. The molecule has 1 saturated carbocycles. The van der Waals surface area contributed by atoms with Crippen molar-refractivity contribution in [3.8, 4) is 0 Å². The van der Waals surface area contributed by atoms with Crippen LogP contribution in [0.25, 0.3) is 0 Å². The first-order chi connectivity index (χ1) is 7.60. The summed E-state index contributed by atoms with van der Waals surface area (Å²) in [6.45, 7) is 0. The molecular formula is C13H15NO2. The van der Waals surface area contributed by atoms with Crippen molar-refractivity contribution < 1.29 is 9.90 Å². The number of fused-ring (bicyclic) bond motifs is 1. The van der Waals surface area contributed by atoms with E-state index >= 15 is 0 Å². The van der Waals surface area contributed by atoms with E-state index in [-0.39, 0.29) is 5.91 Å². The first-order valence-electron chi connectivity index (χ1n) is 5.72. The summed E-state index contributed by atoms with van der Waals surface area (Å²) in [5.74, 6) is 0.172. The van der Waals surface area contributed by atoms with Gasteiger partial charge >= 0.3 is 0 Å². The molecule has 1 heterocycles. The highest BCUT2D eigenvalue weighted by Crippen LogP contribution is 2.46. The van der Waals surface area contributed by atoms with Crippen molar-refractivity contribution in [2.24, 2.45) is 0 Å². The SMILES string of the molecule is CN1C(=O)CCc2cc(C3(O)CC3)ccc21. The fourth-order valence-corrected chi connectivity index (χ4v) is 2.35. The molecule has 1 aliphatic carbocycles. The molecule has 0 atom stereocenters. The van der Waals surface area contributed by atoms with E-state index in [0.717, 1.165) is 30.5 Å². The van der Waals surface area contributed by atoms with Gasteiger partial charge in [0, 0.05) is 19.2 Å². The van der Waals surface area contributed by atoms with Crippen molar-refractivity contribution >= 4 is 11.6 Å². The average molecular weight is 217 g/mol. The summed E-state index contributed by atoms with van der Waals surface area (Å²) in [4.78, 5) is 13.2. The summed E-state index contributed by atoms with van der Waals surface area (Å²) in [7, 11) is 1.81. The van der Waals surface area contributed by atoms with Gasteiger partial charge in [-0.15, -0.1) is 0 Å². The van der Waals surface area contributed by atoms with Gasteiger partial charge in [0.25, 0.3) is 0 Å². The van der Waals surface area contributed by atoms with Crippen LogP contribution in [0.3, 0.4) is 0 Å². The maximum absolute atomic E-state index is 11.5. The molecule has 1 aromatic rings. The maximum Gasteiger partial charge on any atom is 0.227 e. The number of carbonyl (C=O) groups is 1. The number of carbonyl (C=O) groups excluding carboxylic acids is 1. The Balaban J connectivity index is 2.03. The zero-order valence-corrected chi connectivity index (χ0v) is 9.36. The summed E-state index contributed by atoms with van der Waals surface area (Å²) >= 11 is 0. The Labute approximate surface area is 94.7 Å². The molecule has 0 unspecified atom stereocenters. The number of hydrogen-bond donors (Lipinski definition) is 1. The monoisotopic (exact) mass is 217 g/mol. The highest BCUT2D eigenvalue weighted by atomic mass is 16.3. The van der Waals surface area contributed by atoms with Crippen LogP contribution in [0.4, 0.5) is 5.69 Å². The largest absolute Gasteiger partial charge is 0.385 e. The first-order valence-corrected chi connectivity index (χ1v) is 5.72. The lowest BCUT2D eigenvalue weighted by molar-refractivity contribution is -0.118. The van der Waals surface area contributed by atoms with Crippen LogP contribution in [0.15, 0.2) is 18.2 Å². The van der Waals surface area contributed by atoms with Crippen LogP contribution in [0, 0.1) is 0 Å². The molecule has 1 fully saturated rings. The lowest BCUT2D eigenvalue weighted by atomic mass is 9.96. The van der Waals surface area contributed by atoms with Crippen molar-refractivity contribution in [3.05, 3.63) is 29.3 Å². The van der Waals surface area contributed by atoms with Crippen LogP contribution in [0.2, 0.25) is 0 Å². The fraction of sp³-hybridized carbons (Fsp3) is 0.462. The minimum atomic E-state index is -0.574. The highest BCUT2D eigenvalue weighted by molar-refractivity contribution is 5.95. The third-order valence-corrected chi connectivity index (χ3v) is 3.68. The van der Waals surface area contributed by atoms with E-state index < -0.39 is 5.60 Å². The van der Waals surface area contributed by atoms with Crippen LogP contribution in [0.5, 0.6) is 0 Å². The molecule has 0 radical (unpaired) electrons. The Morgan fingerprint density at radius 3 is 2.75 bits per heavy atom. The van der Waals surface area contributed by atoms with Crippen molar-refractivity contribution in [2.75, 3.05) is 11.9 Å². The standard InChI is InChI=1S/C13H15NO2/c1-14-11-4-3-10(13(16)6-7-13)8-9(11)2-5-12(14)15/h3-4,8,16H,2,5-7H2,1H3. The van der Waals surface area contributed by atoms with Crippen LogP contribution in [0.1, 0.15) is 30.4 Å². The molecule has 0 saturated heterocycles. The number of amides is 1. The van der Waals surface area contributed by atoms with Crippen molar-refractivity contribution in [2.45, 2.75) is 31.3 Å². The molecule has 1 aromatic carbocycles. The third kappa shape index (κ3) is 1.35. The molecule has 1 amide bonds. The predicted octanol–water partition coefficient (Wildman–Crippen LogP) is 1.58. The van der Waals surface area contributed by atoms with Crippen molar-refractivity contribution in [3.63, 3.8) is 0 Å². The molecule has 16 heavy (non-hydrogen) atoms. The summed E-state index contributed by atoms with van der Waals surface area (Å²) < 4.78 is 0. The van der Waals surface area contributed by atoms with Gasteiger partial charge in [0.1, 0.15) is 0 Å². The number of aryl methyl sites for hydroxylation is 1. The lowest BCUT2D eigenvalue weighted by Gasteiger charge is -2.26. The third-order valence-electron chi connectivity index (χ3n) is 3.68. The Bertz CT molecular complexity index is 463. The number of rotatable bonds is 1. The van der Waals surface area contributed by atoms with Gasteiger partial charge in [-0.05, 0) is 36.5 Å². The Kier molecular flexibility index (Phi) is 1.89. The Morgan fingerprint density at radius 1 is 1.31 bits per heavy atom. The second kappa shape index (κ2) is 3.08. The Morgan fingerprint density at radius 2 is 2.06 bits per heavy atom. The number of aliphatic hydroxyl groups is 1. The summed E-state index contributed by atoms with van der Waals surface area (Å²) in [6, 6.07) is 5.96. The van der Waals surface area contributed by atoms with E-state index in [1.807, 2.05) is 19.2 Å². The van der Waals surface area contributed by atoms with E-state index in [2.05, 4.69) is 6.07 Å². The van der Waals surface area contributed by atoms with Gasteiger partial charge < -0.3 is 10.0 Å². The van der Waals surface area contributed by atoms with E-state index in [1.165, 1.54) is 5.56 Å². The molecule has 1 aliphatic heterocycles. The maximum atomic E-state index is 11.5. The number of nitrogens with zero attached hydrogens (tertiary/aromatic N) is 1. The van der Waals surface area contributed by atoms with Gasteiger partial charge in [0.15, 0.2) is 0 Å². The van der Waals surface area contributed by atoms with E-state index in [4.69, 9.17) is 0 Å². The fourth-order valence-electron chi connectivity index (χ4n) is 2.35. The van der Waals surface area contributed by atoms with E-state index in [9.17, 15) is 9.90 Å². The Hall–Kier alpha value is -1.35. The molecule has 3 rings (SSSR count). The van der Waals surface area contributed by atoms with E-state index in [1.54, 1.807) is 4.90 Å². The van der Waals surface area contributed by atoms with E-state index in [0.29, 0.717) is 6.42 Å². The highest BCUT2D eigenvalue weighted by Gasteiger charge is 2.42. The topological polar surface area (TPSA) is 40.5 Å². The molecule has 3 heteroatoms. The molecule has 0 bridgehead atoms. The predicted molar refractivity (Wildman–Crippen MR) is 61.3 cm³/mol. The zero-order chi connectivity index (χ0) is 11.3. The van der Waals surface area contributed by atoms with Gasteiger partial charge in [-0.1, -0.05) is 12.1 Å². The first kappa shape index (κ1) is 9.85. The van der Waals surface area contributed by atoms with Crippen molar-refractivity contribution in [1.29, 1.82) is 0 Å². The average Bonchev–Trinajstić information content (AvgIpc) is 3.03. The zero-order valence-electron chi connectivity index (χ0n) is 9.36. The summed E-state index contributed by atoms with van der Waals surface area (Å²) in [5, 5.41) is 10.0. The van der Waals surface area contributed by atoms with Gasteiger partial charge in [-0.3, -0.25) is 4.79 Å². The normalized spacial score (nSPS) is 21.9. The van der Waals surface area contributed by atoms with Gasteiger partial charge in [-0.2, -0.15) is 0 Å². The van der Waals surface area contributed by atoms with Gasteiger partial charge in [-0.25, -0.2) is 0 Å². The molecule has 84 valence electrons. The molecule has 0 spiro atoms. The molecule has 1 N–H and O–H groups in total. The van der Waals surface area contributed by atoms with Crippen molar-refractivity contribution in [1.82, 2.24) is 0 Å². The second-order valence-electron chi connectivity index (χ2n) is 4.83. The van der Waals surface area contributed by atoms with Crippen LogP contribution in [-0.2, 0) is 16.8 Å². The minimum Gasteiger partial charge on any atom is -0.385 e. The number of hydrogen-bond acceptors (Lipinski definition) is 2. The van der Waals surface area contributed by atoms with Crippen LogP contribution >= 0.6 is 0 Å². The smallest absolute Gasteiger partial charge is 0.227 e. The molecule has 2 aliphatic rings. The summed E-state index contributed by atoms with van der Waals surface area (Å²) in [5.41, 5.74) is 2.60.